The molecule has 0 radical (unpaired) electrons. The largest absolute Gasteiger partial charge is 0.490 e. The number of aromatic nitrogens is 1. The molecular formula is C27H23F3N2O6S. The first-order chi connectivity index (χ1) is 18.4. The number of halogens is 3. The van der Waals surface area contributed by atoms with Crippen molar-refractivity contribution in [1.29, 1.82) is 0 Å². The van der Waals surface area contributed by atoms with E-state index in [0.717, 1.165) is 52.0 Å². The lowest BCUT2D eigenvalue weighted by atomic mass is 10.1. The Balaban J connectivity index is 1.50. The van der Waals surface area contributed by atoms with Crippen molar-refractivity contribution >= 4 is 38.7 Å². The van der Waals surface area contributed by atoms with Gasteiger partial charge in [-0.1, -0.05) is 18.2 Å². The Morgan fingerprint density at radius 3 is 2.64 bits per heavy atom. The first-order valence-electron chi connectivity index (χ1n) is 11.8. The third kappa shape index (κ3) is 5.37. The number of carbonyl (C=O) groups is 1. The van der Waals surface area contributed by atoms with Crippen molar-refractivity contribution in [3.63, 3.8) is 0 Å². The van der Waals surface area contributed by atoms with Gasteiger partial charge in [-0.3, -0.25) is 0 Å². The lowest BCUT2D eigenvalue weighted by Crippen LogP contribution is -2.28. The monoisotopic (exact) mass is 560 g/mol. The van der Waals surface area contributed by atoms with Crippen molar-refractivity contribution in [2.24, 2.45) is 0 Å². The van der Waals surface area contributed by atoms with Crippen LogP contribution in [0.1, 0.15) is 32.9 Å². The number of hydrogen-bond donors (Lipinski definition) is 1. The highest BCUT2D eigenvalue weighted by Crippen LogP contribution is 2.34. The number of anilines is 1. The fourth-order valence-electron chi connectivity index (χ4n) is 4.49. The second-order valence-electron chi connectivity index (χ2n) is 9.13. The number of carboxylic acid groups (broad SMARTS) is 1. The summed E-state index contributed by atoms with van der Waals surface area (Å²) in [6.45, 7) is 1.29. The molecule has 0 spiro atoms. The summed E-state index contributed by atoms with van der Waals surface area (Å²) >= 11 is 0. The Hall–Kier alpha value is -4.19. The second kappa shape index (κ2) is 9.84. The Labute approximate surface area is 221 Å². The molecule has 1 aliphatic heterocycles. The van der Waals surface area contributed by atoms with Crippen LogP contribution in [0.2, 0.25) is 0 Å². The van der Waals surface area contributed by atoms with Gasteiger partial charge in [-0.15, -0.1) is 0 Å². The standard InChI is InChI=1S/C27H23F3N2O6S/c1-31-8-9-37-25-7-4-17(11-24(25)31)3-2-10-39(35,36)32-21(15-22-14-19(16-38-22)26(33)34)13-18-12-20(27(28,29)30)5-6-23(18)32/h2-7,11-14,16H,8-10,15H2,1H3,(H,33,34). The molecule has 4 aromatic rings. The van der Waals surface area contributed by atoms with E-state index in [-0.39, 0.29) is 34.3 Å². The molecule has 0 fully saturated rings. The number of carboxylic acids is 1. The van der Waals surface area contributed by atoms with E-state index in [4.69, 9.17) is 14.3 Å². The number of likely N-dealkylation sites (N-methyl/N-ethyl adjacent to an activating group) is 1. The number of rotatable bonds is 7. The van der Waals surface area contributed by atoms with Crippen LogP contribution in [0.5, 0.6) is 5.75 Å². The average Bonchev–Trinajstić information content (AvgIpc) is 3.48. The van der Waals surface area contributed by atoms with Crippen LogP contribution in [0, 0.1) is 0 Å². The van der Waals surface area contributed by atoms with Crippen LogP contribution in [0.15, 0.2) is 65.3 Å². The van der Waals surface area contributed by atoms with Crippen LogP contribution in [-0.4, -0.2) is 49.4 Å². The van der Waals surface area contributed by atoms with Gasteiger partial charge < -0.3 is 19.2 Å². The Kier molecular flexibility index (Phi) is 6.67. The number of benzene rings is 2. The molecule has 8 nitrogen and oxygen atoms in total. The molecular weight excluding hydrogens is 537 g/mol. The molecule has 0 amide bonds. The van der Waals surface area contributed by atoms with Gasteiger partial charge in [-0.2, -0.15) is 13.2 Å². The van der Waals surface area contributed by atoms with Gasteiger partial charge in [-0.05, 0) is 48.0 Å². The van der Waals surface area contributed by atoms with Gasteiger partial charge in [-0.25, -0.2) is 17.2 Å². The summed E-state index contributed by atoms with van der Waals surface area (Å²) in [4.78, 5) is 13.2. The number of fused-ring (bicyclic) bond motifs is 2. The van der Waals surface area contributed by atoms with E-state index in [9.17, 15) is 26.4 Å². The van der Waals surface area contributed by atoms with Crippen molar-refractivity contribution in [3.8, 4) is 5.75 Å². The number of hydrogen-bond acceptors (Lipinski definition) is 6. The molecule has 0 bridgehead atoms. The van der Waals surface area contributed by atoms with Crippen molar-refractivity contribution in [3.05, 3.63) is 89.0 Å². The lowest BCUT2D eigenvalue weighted by molar-refractivity contribution is -0.137. The normalized spacial score (nSPS) is 14.1. The molecule has 1 aliphatic rings. The van der Waals surface area contributed by atoms with Crippen LogP contribution < -0.4 is 9.64 Å². The van der Waals surface area contributed by atoms with Gasteiger partial charge in [0.15, 0.2) is 0 Å². The first kappa shape index (κ1) is 26.4. The smallest absolute Gasteiger partial charge is 0.416 e. The highest BCUT2D eigenvalue weighted by Gasteiger charge is 2.31. The molecule has 2 aromatic heterocycles. The number of ether oxygens (including phenoxy) is 1. The predicted molar refractivity (Wildman–Crippen MR) is 139 cm³/mol. The molecule has 39 heavy (non-hydrogen) atoms. The molecule has 2 aromatic carbocycles. The molecule has 0 saturated carbocycles. The lowest BCUT2D eigenvalue weighted by Gasteiger charge is -2.27. The van der Waals surface area contributed by atoms with Gasteiger partial charge >= 0.3 is 12.1 Å². The zero-order valence-corrected chi connectivity index (χ0v) is 21.4. The summed E-state index contributed by atoms with van der Waals surface area (Å²) in [7, 11) is -2.16. The van der Waals surface area contributed by atoms with Crippen molar-refractivity contribution in [1.82, 2.24) is 3.97 Å². The van der Waals surface area contributed by atoms with Gasteiger partial charge in [0.2, 0.25) is 10.0 Å². The van der Waals surface area contributed by atoms with E-state index in [1.165, 1.54) is 18.2 Å². The number of nitrogens with zero attached hydrogens (tertiary/aromatic N) is 2. The fourth-order valence-corrected chi connectivity index (χ4v) is 5.92. The van der Waals surface area contributed by atoms with E-state index in [0.29, 0.717) is 6.61 Å². The molecule has 1 N–H and O–H groups in total. The fraction of sp³-hybridized carbons (Fsp3) is 0.222. The quantitative estimate of drug-likeness (QED) is 0.329. The topological polar surface area (TPSA) is 102 Å². The Morgan fingerprint density at radius 2 is 1.92 bits per heavy atom. The third-order valence-electron chi connectivity index (χ3n) is 6.39. The van der Waals surface area contributed by atoms with E-state index < -0.39 is 33.5 Å². The van der Waals surface area contributed by atoms with Gasteiger partial charge in [0.1, 0.15) is 24.4 Å². The van der Waals surface area contributed by atoms with Gasteiger partial charge in [0.05, 0.1) is 34.6 Å². The molecule has 0 atom stereocenters. The average molecular weight is 561 g/mol. The van der Waals surface area contributed by atoms with Crippen molar-refractivity contribution < 1.29 is 40.6 Å². The van der Waals surface area contributed by atoms with Crippen LogP contribution >= 0.6 is 0 Å². The van der Waals surface area contributed by atoms with E-state index >= 15 is 0 Å². The molecule has 5 rings (SSSR count). The molecule has 12 heteroatoms. The van der Waals surface area contributed by atoms with Crippen molar-refractivity contribution in [2.75, 3.05) is 30.9 Å². The summed E-state index contributed by atoms with van der Waals surface area (Å²) < 4.78 is 78.9. The Morgan fingerprint density at radius 1 is 1.13 bits per heavy atom. The summed E-state index contributed by atoms with van der Waals surface area (Å²) in [5.41, 5.74) is 0.804. The number of aromatic carboxylic acids is 1. The first-order valence-corrected chi connectivity index (χ1v) is 13.4. The second-order valence-corrected chi connectivity index (χ2v) is 11.0. The van der Waals surface area contributed by atoms with Crippen LogP contribution in [0.4, 0.5) is 18.9 Å². The Bertz CT molecular complexity index is 1700. The molecule has 204 valence electrons. The highest BCUT2D eigenvalue weighted by molar-refractivity contribution is 7.90. The van der Waals surface area contributed by atoms with Crippen LogP contribution in [-0.2, 0) is 22.6 Å². The minimum Gasteiger partial charge on any atom is -0.490 e. The SMILES string of the molecule is CN1CCOc2ccc(C=CCS(=O)(=O)n3c(Cc4cc(C(=O)O)co4)cc4cc(C(F)(F)F)ccc43)cc21. The van der Waals surface area contributed by atoms with Crippen LogP contribution in [0.3, 0.4) is 0 Å². The zero-order chi connectivity index (χ0) is 27.9. The zero-order valence-electron chi connectivity index (χ0n) is 20.6. The minimum atomic E-state index is -4.61. The van der Waals surface area contributed by atoms with Gasteiger partial charge in [0, 0.05) is 24.5 Å². The maximum atomic E-state index is 13.5. The summed E-state index contributed by atoms with van der Waals surface area (Å²) in [5.74, 6) is -0.775. The summed E-state index contributed by atoms with van der Waals surface area (Å²) in [6, 6.07) is 10.9. The molecule has 0 saturated heterocycles. The summed E-state index contributed by atoms with van der Waals surface area (Å²) in [6.07, 6.45) is -0.619. The number of furan rings is 1. The van der Waals surface area contributed by atoms with Gasteiger partial charge in [0.25, 0.3) is 0 Å². The predicted octanol–water partition coefficient (Wildman–Crippen LogP) is 5.26. The molecule has 0 unspecified atom stereocenters. The summed E-state index contributed by atoms with van der Waals surface area (Å²) in [5, 5.41) is 9.23. The van der Waals surface area contributed by atoms with E-state index in [2.05, 4.69) is 0 Å². The minimum absolute atomic E-state index is 0.0731. The van der Waals surface area contributed by atoms with E-state index in [1.807, 2.05) is 24.1 Å². The maximum Gasteiger partial charge on any atom is 0.416 e. The van der Waals surface area contributed by atoms with Crippen LogP contribution in [0.25, 0.3) is 17.0 Å². The number of alkyl halides is 3. The molecule has 0 aliphatic carbocycles. The van der Waals surface area contributed by atoms with E-state index in [1.54, 1.807) is 12.1 Å². The highest BCUT2D eigenvalue weighted by atomic mass is 32.2. The maximum absolute atomic E-state index is 13.5. The van der Waals surface area contributed by atoms with Crippen molar-refractivity contribution in [2.45, 2.75) is 12.6 Å². The third-order valence-corrected chi connectivity index (χ3v) is 7.99. The molecule has 3 heterocycles.